The van der Waals surface area contributed by atoms with E-state index in [1.165, 1.54) is 13.0 Å². The molecule has 1 aromatic carbocycles. The highest BCUT2D eigenvalue weighted by Crippen LogP contribution is 2.51. The van der Waals surface area contributed by atoms with Crippen molar-refractivity contribution in [2.75, 3.05) is 6.54 Å². The molecular formula is C14H15N. The molecule has 15 heavy (non-hydrogen) atoms. The van der Waals surface area contributed by atoms with Crippen LogP contribution in [0.5, 0.6) is 0 Å². The minimum Gasteiger partial charge on any atom is -0.313 e. The summed E-state index contributed by atoms with van der Waals surface area (Å²) in [5.41, 5.74) is 3.20. The number of hydrogen-bond acceptors (Lipinski definition) is 1. The van der Waals surface area contributed by atoms with Crippen molar-refractivity contribution in [3.05, 3.63) is 47.5 Å². The average molecular weight is 197 g/mol. The quantitative estimate of drug-likeness (QED) is 0.630. The second-order valence-corrected chi connectivity index (χ2v) is 4.99. The minimum atomic E-state index is 0.702. The van der Waals surface area contributed by atoms with Crippen LogP contribution < -0.4 is 5.32 Å². The van der Waals surface area contributed by atoms with E-state index >= 15 is 0 Å². The molecule has 0 bridgehead atoms. The maximum Gasteiger partial charge on any atom is 0.0208 e. The van der Waals surface area contributed by atoms with E-state index in [-0.39, 0.29) is 0 Å². The summed E-state index contributed by atoms with van der Waals surface area (Å²) in [6.45, 7) is 1.20. The van der Waals surface area contributed by atoms with Crippen LogP contribution in [0.15, 0.2) is 36.4 Å². The summed E-state index contributed by atoms with van der Waals surface area (Å²) in [5, 5.41) is 3.68. The van der Waals surface area contributed by atoms with Crippen LogP contribution in [0.1, 0.15) is 29.4 Å². The largest absolute Gasteiger partial charge is 0.313 e. The Labute approximate surface area is 90.2 Å². The highest BCUT2D eigenvalue weighted by molar-refractivity contribution is 5.46. The van der Waals surface area contributed by atoms with Gasteiger partial charge in [-0.3, -0.25) is 0 Å². The summed E-state index contributed by atoms with van der Waals surface area (Å²) in [5.74, 6) is 2.24. The van der Waals surface area contributed by atoms with Crippen LogP contribution in [-0.2, 0) is 0 Å². The van der Waals surface area contributed by atoms with Crippen molar-refractivity contribution in [3.8, 4) is 0 Å². The third-order valence-electron chi connectivity index (χ3n) is 4.39. The molecule has 1 heteroatoms. The fourth-order valence-corrected chi connectivity index (χ4v) is 3.64. The molecule has 4 rings (SSSR count). The molecule has 0 amide bonds. The number of allylic oxidation sites excluding steroid dienone is 1. The van der Waals surface area contributed by atoms with E-state index in [0.717, 1.165) is 17.9 Å². The molecule has 0 aromatic heterocycles. The van der Waals surface area contributed by atoms with Gasteiger partial charge in [-0.25, -0.2) is 0 Å². The summed E-state index contributed by atoms with van der Waals surface area (Å²) in [4.78, 5) is 0. The third kappa shape index (κ3) is 0.920. The number of nitrogens with one attached hydrogen (secondary N) is 1. The number of hydrogen-bond donors (Lipinski definition) is 1. The maximum atomic E-state index is 3.68. The van der Waals surface area contributed by atoms with Gasteiger partial charge in [0.2, 0.25) is 0 Å². The smallest absolute Gasteiger partial charge is 0.0208 e. The maximum absolute atomic E-state index is 3.68. The molecule has 0 radical (unpaired) electrons. The summed E-state index contributed by atoms with van der Waals surface area (Å²) in [7, 11) is 0. The van der Waals surface area contributed by atoms with Crippen molar-refractivity contribution in [1.29, 1.82) is 0 Å². The van der Waals surface area contributed by atoms with E-state index in [1.54, 1.807) is 11.1 Å². The molecule has 1 saturated heterocycles. The second-order valence-electron chi connectivity index (χ2n) is 4.99. The molecule has 1 aromatic rings. The van der Waals surface area contributed by atoms with Crippen LogP contribution in [0, 0.1) is 5.92 Å². The first kappa shape index (κ1) is 8.12. The Bertz CT molecular complexity index is 435. The van der Waals surface area contributed by atoms with Gasteiger partial charge in [-0.2, -0.15) is 0 Å². The molecule has 76 valence electrons. The number of rotatable bonds is 0. The zero-order valence-electron chi connectivity index (χ0n) is 8.69. The van der Waals surface area contributed by atoms with E-state index in [2.05, 4.69) is 41.7 Å². The van der Waals surface area contributed by atoms with Crippen LogP contribution in [0.25, 0.3) is 0 Å². The van der Waals surface area contributed by atoms with Gasteiger partial charge in [-0.1, -0.05) is 36.4 Å². The predicted molar refractivity (Wildman–Crippen MR) is 61.0 cm³/mol. The van der Waals surface area contributed by atoms with Crippen molar-refractivity contribution in [1.82, 2.24) is 5.32 Å². The van der Waals surface area contributed by atoms with E-state index in [4.69, 9.17) is 0 Å². The fourth-order valence-electron chi connectivity index (χ4n) is 3.64. The van der Waals surface area contributed by atoms with Crippen molar-refractivity contribution in [2.45, 2.75) is 24.3 Å². The van der Waals surface area contributed by atoms with E-state index in [9.17, 15) is 0 Å². The molecule has 2 aliphatic carbocycles. The molecule has 1 fully saturated rings. The highest BCUT2D eigenvalue weighted by Gasteiger charge is 2.45. The lowest BCUT2D eigenvalue weighted by Crippen LogP contribution is -2.43. The second kappa shape index (κ2) is 2.73. The van der Waals surface area contributed by atoms with Gasteiger partial charge in [-0.05, 0) is 24.1 Å². The Morgan fingerprint density at radius 1 is 1.07 bits per heavy atom. The fraction of sp³-hybridized carbons (Fsp3) is 0.429. The molecule has 0 saturated carbocycles. The van der Waals surface area contributed by atoms with Gasteiger partial charge in [-0.15, -0.1) is 0 Å². The summed E-state index contributed by atoms with van der Waals surface area (Å²) in [6.07, 6.45) is 6.09. The highest BCUT2D eigenvalue weighted by atomic mass is 15.0. The van der Waals surface area contributed by atoms with Crippen molar-refractivity contribution in [3.63, 3.8) is 0 Å². The Morgan fingerprint density at radius 3 is 2.73 bits per heavy atom. The monoisotopic (exact) mass is 197 g/mol. The van der Waals surface area contributed by atoms with E-state index < -0.39 is 0 Å². The Kier molecular flexibility index (Phi) is 1.48. The van der Waals surface area contributed by atoms with Crippen LogP contribution in [-0.4, -0.2) is 12.6 Å². The van der Waals surface area contributed by atoms with Gasteiger partial charge < -0.3 is 5.32 Å². The van der Waals surface area contributed by atoms with E-state index in [0.29, 0.717) is 5.92 Å². The van der Waals surface area contributed by atoms with Crippen molar-refractivity contribution < 1.29 is 0 Å². The Balaban J connectivity index is 1.92. The molecule has 1 N–H and O–H groups in total. The van der Waals surface area contributed by atoms with Crippen LogP contribution >= 0.6 is 0 Å². The van der Waals surface area contributed by atoms with Crippen LogP contribution in [0.2, 0.25) is 0 Å². The van der Waals surface area contributed by atoms with Crippen molar-refractivity contribution >= 4 is 0 Å². The van der Waals surface area contributed by atoms with E-state index in [1.807, 2.05) is 0 Å². The first-order valence-corrected chi connectivity index (χ1v) is 5.96. The summed E-state index contributed by atoms with van der Waals surface area (Å²) >= 11 is 0. The molecule has 4 atom stereocenters. The average Bonchev–Trinajstić information content (AvgIpc) is 2.65. The van der Waals surface area contributed by atoms with Gasteiger partial charge in [0.25, 0.3) is 0 Å². The molecule has 3 aliphatic rings. The SMILES string of the molecule is C1=CC2C1c1ccccc1[C@H]1CCN[C@@H]21. The van der Waals surface area contributed by atoms with Gasteiger partial charge in [0.1, 0.15) is 0 Å². The summed E-state index contributed by atoms with van der Waals surface area (Å²) < 4.78 is 0. The molecule has 1 aliphatic heterocycles. The standard InChI is InChI=1S/C14H15N/c1-2-4-10-9(3-1)11-5-6-12(11)14-13(10)7-8-15-14/h1-6,11-15H,7-8H2/t11?,12?,13-,14+/m1/s1. The summed E-state index contributed by atoms with van der Waals surface area (Å²) in [6, 6.07) is 9.75. The first-order valence-electron chi connectivity index (χ1n) is 5.96. The lowest BCUT2D eigenvalue weighted by molar-refractivity contribution is 0.343. The molecule has 1 nitrogen and oxygen atoms in total. The van der Waals surface area contributed by atoms with Crippen LogP contribution in [0.4, 0.5) is 0 Å². The zero-order valence-corrected chi connectivity index (χ0v) is 8.69. The molecule has 2 unspecified atom stereocenters. The number of fused-ring (bicyclic) bond motifs is 6. The topological polar surface area (TPSA) is 12.0 Å². The van der Waals surface area contributed by atoms with Gasteiger partial charge >= 0.3 is 0 Å². The third-order valence-corrected chi connectivity index (χ3v) is 4.39. The molecular weight excluding hydrogens is 182 g/mol. The normalized spacial score (nSPS) is 40.3. The predicted octanol–water partition coefficient (Wildman–Crippen LogP) is 2.42. The molecule has 0 spiro atoms. The Hall–Kier alpha value is -1.08. The Morgan fingerprint density at radius 2 is 1.93 bits per heavy atom. The van der Waals surface area contributed by atoms with Crippen LogP contribution in [0.3, 0.4) is 0 Å². The van der Waals surface area contributed by atoms with Gasteiger partial charge in [0.15, 0.2) is 0 Å². The van der Waals surface area contributed by atoms with Gasteiger partial charge in [0.05, 0.1) is 0 Å². The lowest BCUT2D eigenvalue weighted by Gasteiger charge is -2.43. The molecule has 1 heterocycles. The van der Waals surface area contributed by atoms with Gasteiger partial charge in [0, 0.05) is 23.8 Å². The minimum absolute atomic E-state index is 0.702. The zero-order chi connectivity index (χ0) is 9.83. The first-order chi connectivity index (χ1) is 7.45. The number of benzene rings is 1. The lowest BCUT2D eigenvalue weighted by atomic mass is 9.63. The van der Waals surface area contributed by atoms with Crippen molar-refractivity contribution in [2.24, 2.45) is 5.92 Å².